The van der Waals surface area contributed by atoms with E-state index >= 15 is 0 Å². The number of aromatic nitrogens is 1. The summed E-state index contributed by atoms with van der Waals surface area (Å²) >= 11 is -0.509. The number of thiazole rings is 1. The molecule has 2 heterocycles. The SMILES string of the molecule is COc1cccc(N2CCN(CCNc3nc4ccc(CS(=O)[O-])cc4s3)CC2)c1. The summed E-state index contributed by atoms with van der Waals surface area (Å²) in [6.45, 7) is 5.83. The molecular formula is C21H25N4O3S2-. The molecular weight excluding hydrogens is 420 g/mol. The number of hydrogen-bond acceptors (Lipinski definition) is 8. The van der Waals surface area contributed by atoms with Gasteiger partial charge in [-0.3, -0.25) is 9.11 Å². The number of rotatable bonds is 8. The molecule has 0 bridgehead atoms. The molecule has 4 rings (SSSR count). The summed E-state index contributed by atoms with van der Waals surface area (Å²) in [5, 5.41) is 4.29. The lowest BCUT2D eigenvalue weighted by molar-refractivity contribution is 0.267. The maximum atomic E-state index is 10.9. The Morgan fingerprint density at radius 3 is 2.80 bits per heavy atom. The van der Waals surface area contributed by atoms with Gasteiger partial charge in [0.1, 0.15) is 5.75 Å². The van der Waals surface area contributed by atoms with Crippen molar-refractivity contribution in [1.82, 2.24) is 9.88 Å². The van der Waals surface area contributed by atoms with E-state index in [0.717, 1.165) is 65.9 Å². The van der Waals surface area contributed by atoms with Gasteiger partial charge in [0.15, 0.2) is 5.13 Å². The Hall–Kier alpha value is -2.20. The maximum Gasteiger partial charge on any atom is 0.183 e. The van der Waals surface area contributed by atoms with E-state index in [-0.39, 0.29) is 5.75 Å². The highest BCUT2D eigenvalue weighted by molar-refractivity contribution is 7.78. The molecule has 1 atom stereocenters. The first kappa shape index (κ1) is 21.0. The Morgan fingerprint density at radius 2 is 2.03 bits per heavy atom. The predicted molar refractivity (Wildman–Crippen MR) is 122 cm³/mol. The molecule has 0 saturated carbocycles. The average Bonchev–Trinajstić information content (AvgIpc) is 3.16. The van der Waals surface area contributed by atoms with Gasteiger partial charge in [-0.05, 0) is 29.8 Å². The number of benzene rings is 2. The van der Waals surface area contributed by atoms with Crippen molar-refractivity contribution in [2.24, 2.45) is 0 Å². The van der Waals surface area contributed by atoms with Crippen LogP contribution in [0.15, 0.2) is 42.5 Å². The Balaban J connectivity index is 1.25. The van der Waals surface area contributed by atoms with E-state index in [1.807, 2.05) is 30.3 Å². The van der Waals surface area contributed by atoms with Gasteiger partial charge in [-0.15, -0.1) is 0 Å². The number of nitrogens with one attached hydrogen (secondary N) is 1. The van der Waals surface area contributed by atoms with E-state index in [0.29, 0.717) is 0 Å². The Labute approximate surface area is 183 Å². The van der Waals surface area contributed by atoms with Crippen molar-refractivity contribution in [3.63, 3.8) is 0 Å². The zero-order valence-electron chi connectivity index (χ0n) is 16.9. The monoisotopic (exact) mass is 445 g/mol. The van der Waals surface area contributed by atoms with Crippen LogP contribution in [0, 0.1) is 0 Å². The Kier molecular flexibility index (Phi) is 6.83. The molecule has 0 aliphatic carbocycles. The van der Waals surface area contributed by atoms with Crippen molar-refractivity contribution >= 4 is 43.5 Å². The topological polar surface area (TPSA) is 80.8 Å². The van der Waals surface area contributed by atoms with Gasteiger partial charge in [0.25, 0.3) is 0 Å². The van der Waals surface area contributed by atoms with Crippen LogP contribution in [0.25, 0.3) is 10.2 Å². The van der Waals surface area contributed by atoms with E-state index in [1.54, 1.807) is 18.4 Å². The second-order valence-corrected chi connectivity index (χ2v) is 9.15. The average molecular weight is 446 g/mol. The third-order valence-corrected chi connectivity index (χ3v) is 6.78. The number of nitrogens with zero attached hydrogens (tertiary/aromatic N) is 3. The Bertz CT molecular complexity index is 1020. The quantitative estimate of drug-likeness (QED) is 0.534. The molecule has 1 unspecified atom stereocenters. The molecule has 0 radical (unpaired) electrons. The summed E-state index contributed by atoms with van der Waals surface area (Å²) in [4.78, 5) is 9.45. The van der Waals surface area contributed by atoms with Crippen LogP contribution in [-0.2, 0) is 16.8 Å². The van der Waals surface area contributed by atoms with Crippen molar-refractivity contribution in [1.29, 1.82) is 0 Å². The lowest BCUT2D eigenvalue weighted by Gasteiger charge is -2.36. The number of anilines is 2. The van der Waals surface area contributed by atoms with Crippen LogP contribution in [0.2, 0.25) is 0 Å². The minimum Gasteiger partial charge on any atom is -0.772 e. The lowest BCUT2D eigenvalue weighted by atomic mass is 10.2. The van der Waals surface area contributed by atoms with Crippen molar-refractivity contribution in [2.45, 2.75) is 5.75 Å². The van der Waals surface area contributed by atoms with Crippen molar-refractivity contribution in [2.75, 3.05) is 56.6 Å². The zero-order valence-corrected chi connectivity index (χ0v) is 18.5. The second-order valence-electron chi connectivity index (χ2n) is 7.23. The fraction of sp³-hybridized carbons (Fsp3) is 0.381. The third-order valence-electron chi connectivity index (χ3n) is 5.23. The predicted octanol–water partition coefficient (Wildman–Crippen LogP) is 2.92. The van der Waals surface area contributed by atoms with Crippen LogP contribution >= 0.6 is 11.3 Å². The van der Waals surface area contributed by atoms with Gasteiger partial charge in [0.05, 0.1) is 17.3 Å². The molecule has 30 heavy (non-hydrogen) atoms. The first-order valence-electron chi connectivity index (χ1n) is 9.91. The van der Waals surface area contributed by atoms with Crippen LogP contribution in [0.4, 0.5) is 10.8 Å². The molecule has 7 nitrogen and oxygen atoms in total. The van der Waals surface area contributed by atoms with Gasteiger partial charge in [-0.25, -0.2) is 4.98 Å². The van der Waals surface area contributed by atoms with Crippen LogP contribution < -0.4 is 15.0 Å². The molecule has 1 saturated heterocycles. The summed E-state index contributed by atoms with van der Waals surface area (Å²) in [6.07, 6.45) is 0. The molecule has 1 N–H and O–H groups in total. The minimum atomic E-state index is -2.07. The van der Waals surface area contributed by atoms with Gasteiger partial charge in [-0.2, -0.15) is 0 Å². The van der Waals surface area contributed by atoms with Crippen LogP contribution in [0.5, 0.6) is 5.75 Å². The Morgan fingerprint density at radius 1 is 1.20 bits per heavy atom. The van der Waals surface area contributed by atoms with E-state index < -0.39 is 11.1 Å². The van der Waals surface area contributed by atoms with Crippen molar-refractivity contribution in [3.8, 4) is 5.75 Å². The summed E-state index contributed by atoms with van der Waals surface area (Å²) in [7, 11) is 1.70. The molecule has 1 aliphatic rings. The number of ether oxygens (including phenoxy) is 1. The number of methoxy groups -OCH3 is 1. The molecule has 2 aromatic carbocycles. The number of hydrogen-bond donors (Lipinski definition) is 1. The van der Waals surface area contributed by atoms with E-state index in [4.69, 9.17) is 4.74 Å². The number of fused-ring (bicyclic) bond motifs is 1. The molecule has 0 amide bonds. The highest BCUT2D eigenvalue weighted by atomic mass is 32.2. The molecule has 3 aromatic rings. The fourth-order valence-electron chi connectivity index (χ4n) is 3.63. The van der Waals surface area contributed by atoms with Gasteiger partial charge in [-0.1, -0.05) is 34.5 Å². The molecule has 1 aliphatic heterocycles. The van der Waals surface area contributed by atoms with Crippen molar-refractivity contribution in [3.05, 3.63) is 48.0 Å². The van der Waals surface area contributed by atoms with E-state index in [1.165, 1.54) is 5.69 Å². The van der Waals surface area contributed by atoms with E-state index in [9.17, 15) is 8.76 Å². The number of piperazine rings is 1. The highest BCUT2D eigenvalue weighted by Gasteiger charge is 2.17. The summed E-state index contributed by atoms with van der Waals surface area (Å²) in [6, 6.07) is 13.8. The smallest absolute Gasteiger partial charge is 0.183 e. The highest BCUT2D eigenvalue weighted by Crippen LogP contribution is 2.27. The standard InChI is InChI=1S/C21H26N4O3S2/c1-28-18-4-2-3-17(14-18)25-11-9-24(10-12-25)8-7-22-21-23-19-6-5-16(15-30(26)27)13-20(19)29-21/h2-6,13-14H,7-12,15H2,1H3,(H,22,23)(H,26,27)/p-1. The zero-order chi connectivity index (χ0) is 20.9. The maximum absolute atomic E-state index is 10.9. The molecule has 160 valence electrons. The molecule has 1 fully saturated rings. The summed E-state index contributed by atoms with van der Waals surface area (Å²) in [5.74, 6) is 0.932. The van der Waals surface area contributed by atoms with Crippen LogP contribution in [-0.4, -0.2) is 65.0 Å². The molecule has 1 aromatic heterocycles. The summed E-state index contributed by atoms with van der Waals surface area (Å²) < 4.78 is 28.1. The lowest BCUT2D eigenvalue weighted by Crippen LogP contribution is -2.47. The van der Waals surface area contributed by atoms with Gasteiger partial charge < -0.3 is 19.5 Å². The largest absolute Gasteiger partial charge is 0.772 e. The van der Waals surface area contributed by atoms with Crippen molar-refractivity contribution < 1.29 is 13.5 Å². The third kappa shape index (κ3) is 5.28. The van der Waals surface area contributed by atoms with Gasteiger partial charge >= 0.3 is 0 Å². The fourth-order valence-corrected chi connectivity index (χ4v) is 5.04. The first-order valence-corrected chi connectivity index (χ1v) is 12.0. The van der Waals surface area contributed by atoms with Gasteiger partial charge in [0.2, 0.25) is 0 Å². The minimum absolute atomic E-state index is 0.0400. The van der Waals surface area contributed by atoms with E-state index in [2.05, 4.69) is 32.2 Å². The normalized spacial score (nSPS) is 16.0. The molecule has 9 heteroatoms. The molecule has 0 spiro atoms. The van der Waals surface area contributed by atoms with Crippen LogP contribution in [0.1, 0.15) is 5.56 Å². The van der Waals surface area contributed by atoms with Gasteiger partial charge in [0, 0.05) is 56.8 Å². The first-order chi connectivity index (χ1) is 14.6. The second kappa shape index (κ2) is 9.74. The summed E-state index contributed by atoms with van der Waals surface area (Å²) in [5.41, 5.74) is 2.90. The van der Waals surface area contributed by atoms with Crippen LogP contribution in [0.3, 0.4) is 0 Å².